The molecular formula is C20H26N2O2. The van der Waals surface area contributed by atoms with Gasteiger partial charge in [-0.15, -0.1) is 0 Å². The first kappa shape index (κ1) is 15.7. The molecule has 1 aromatic rings. The second-order valence-corrected chi connectivity index (χ2v) is 9.20. The summed E-state index contributed by atoms with van der Waals surface area (Å²) < 4.78 is 0. The van der Waals surface area contributed by atoms with Crippen LogP contribution in [0, 0.1) is 22.2 Å². The van der Waals surface area contributed by atoms with Crippen molar-refractivity contribution >= 4 is 12.1 Å². The van der Waals surface area contributed by atoms with Crippen molar-refractivity contribution < 1.29 is 9.90 Å². The Morgan fingerprint density at radius 2 is 1.75 bits per heavy atom. The van der Waals surface area contributed by atoms with Gasteiger partial charge in [-0.1, -0.05) is 13.8 Å². The van der Waals surface area contributed by atoms with Gasteiger partial charge in [0.1, 0.15) is 5.75 Å². The van der Waals surface area contributed by atoms with Crippen molar-refractivity contribution in [2.24, 2.45) is 27.3 Å². The molecule has 0 spiro atoms. The zero-order chi connectivity index (χ0) is 17.0. The molecule has 4 heteroatoms. The summed E-state index contributed by atoms with van der Waals surface area (Å²) in [7, 11) is 0. The number of nitrogens with zero attached hydrogens (tertiary/aromatic N) is 1. The SMILES string of the molecule is C[C@]12CC3CC(C(=O)N/N=C\c4ccc(O)cc4)(C1)C[C@@](C)(C3)C2. The summed E-state index contributed by atoms with van der Waals surface area (Å²) in [5.41, 5.74) is 4.09. The molecule has 0 radical (unpaired) electrons. The lowest BCUT2D eigenvalue weighted by Crippen LogP contribution is -2.59. The number of carbonyl (C=O) groups excluding carboxylic acids is 1. The first-order valence-electron chi connectivity index (χ1n) is 8.93. The van der Waals surface area contributed by atoms with Gasteiger partial charge in [0.2, 0.25) is 5.91 Å². The van der Waals surface area contributed by atoms with Crippen molar-refractivity contribution in [3.63, 3.8) is 0 Å². The van der Waals surface area contributed by atoms with E-state index in [9.17, 15) is 9.90 Å². The van der Waals surface area contributed by atoms with Gasteiger partial charge in [-0.3, -0.25) is 4.79 Å². The lowest BCUT2D eigenvalue weighted by molar-refractivity contribution is -0.170. The van der Waals surface area contributed by atoms with E-state index in [4.69, 9.17) is 0 Å². The van der Waals surface area contributed by atoms with Crippen LogP contribution in [0.1, 0.15) is 57.9 Å². The zero-order valence-corrected chi connectivity index (χ0v) is 14.5. The highest BCUT2D eigenvalue weighted by Gasteiger charge is 2.62. The minimum atomic E-state index is -0.227. The Morgan fingerprint density at radius 3 is 2.33 bits per heavy atom. The Balaban J connectivity index is 1.49. The maximum atomic E-state index is 13.0. The molecule has 128 valence electrons. The van der Waals surface area contributed by atoms with Crippen LogP contribution in [0.3, 0.4) is 0 Å². The van der Waals surface area contributed by atoms with E-state index in [1.165, 1.54) is 19.3 Å². The molecule has 1 amide bonds. The second kappa shape index (κ2) is 5.08. The average Bonchev–Trinajstić information content (AvgIpc) is 2.45. The molecule has 1 aromatic carbocycles. The molecular weight excluding hydrogens is 300 g/mol. The molecule has 4 atom stereocenters. The Morgan fingerprint density at radius 1 is 1.12 bits per heavy atom. The van der Waals surface area contributed by atoms with E-state index >= 15 is 0 Å². The van der Waals surface area contributed by atoms with Crippen molar-refractivity contribution in [3.8, 4) is 5.75 Å². The van der Waals surface area contributed by atoms with Crippen molar-refractivity contribution in [1.82, 2.24) is 5.43 Å². The van der Waals surface area contributed by atoms with Gasteiger partial charge in [0, 0.05) is 0 Å². The molecule has 4 bridgehead atoms. The monoisotopic (exact) mass is 326 g/mol. The Labute approximate surface area is 143 Å². The van der Waals surface area contributed by atoms with Crippen LogP contribution in [0.4, 0.5) is 0 Å². The van der Waals surface area contributed by atoms with Gasteiger partial charge in [0.25, 0.3) is 0 Å². The lowest BCUT2D eigenvalue weighted by Gasteiger charge is -2.64. The van der Waals surface area contributed by atoms with E-state index in [1.54, 1.807) is 30.5 Å². The fourth-order valence-corrected chi connectivity index (χ4v) is 6.55. The number of aromatic hydroxyl groups is 1. The highest BCUT2D eigenvalue weighted by atomic mass is 16.3. The van der Waals surface area contributed by atoms with Crippen LogP contribution in [-0.2, 0) is 4.79 Å². The summed E-state index contributed by atoms with van der Waals surface area (Å²) >= 11 is 0. The minimum Gasteiger partial charge on any atom is -0.508 e. The van der Waals surface area contributed by atoms with E-state index in [1.807, 2.05) is 0 Å². The molecule has 0 aromatic heterocycles. The highest BCUT2D eigenvalue weighted by molar-refractivity contribution is 5.86. The quantitative estimate of drug-likeness (QED) is 0.655. The van der Waals surface area contributed by atoms with E-state index in [-0.39, 0.29) is 17.1 Å². The summed E-state index contributed by atoms with van der Waals surface area (Å²) in [5, 5.41) is 13.5. The van der Waals surface area contributed by atoms with Gasteiger partial charge < -0.3 is 5.11 Å². The number of phenolic OH excluding ortho intramolecular Hbond substituents is 1. The van der Waals surface area contributed by atoms with E-state index in [0.29, 0.717) is 16.7 Å². The maximum absolute atomic E-state index is 13.0. The normalized spacial score (nSPS) is 40.2. The minimum absolute atomic E-state index is 0.0964. The second-order valence-electron chi connectivity index (χ2n) is 9.20. The largest absolute Gasteiger partial charge is 0.508 e. The van der Waals surface area contributed by atoms with Crippen LogP contribution in [0.5, 0.6) is 5.75 Å². The average molecular weight is 326 g/mol. The summed E-state index contributed by atoms with van der Waals surface area (Å²) in [5.74, 6) is 1.02. The van der Waals surface area contributed by atoms with Crippen molar-refractivity contribution in [3.05, 3.63) is 29.8 Å². The highest BCUT2D eigenvalue weighted by Crippen LogP contribution is 2.69. The number of hydrazone groups is 1. The fraction of sp³-hybridized carbons (Fsp3) is 0.600. The predicted molar refractivity (Wildman–Crippen MR) is 93.7 cm³/mol. The number of hydrogen-bond donors (Lipinski definition) is 2. The number of hydrogen-bond acceptors (Lipinski definition) is 3. The molecule has 0 heterocycles. The van der Waals surface area contributed by atoms with Crippen LogP contribution in [0.2, 0.25) is 0 Å². The smallest absolute Gasteiger partial charge is 0.246 e. The molecule has 4 saturated carbocycles. The van der Waals surface area contributed by atoms with Gasteiger partial charge in [-0.2, -0.15) is 5.10 Å². The first-order valence-corrected chi connectivity index (χ1v) is 8.93. The standard InChI is InChI=1S/C20H26N2O2/c1-18-7-15-8-19(2,11-18)13-20(9-15,12-18)17(24)22-21-10-14-3-5-16(23)6-4-14/h3-6,10,15,23H,7-9,11-13H2,1-2H3,(H,22,24)/b21-10-/t15?,18-,19+,20?. The van der Waals surface area contributed by atoms with E-state index in [2.05, 4.69) is 24.4 Å². The zero-order valence-electron chi connectivity index (χ0n) is 14.5. The van der Waals surface area contributed by atoms with Crippen molar-refractivity contribution in [2.45, 2.75) is 52.4 Å². The fourth-order valence-electron chi connectivity index (χ4n) is 6.55. The third-order valence-electron chi connectivity index (χ3n) is 6.38. The van der Waals surface area contributed by atoms with Gasteiger partial charge in [0.05, 0.1) is 11.6 Å². The van der Waals surface area contributed by atoms with Crippen LogP contribution < -0.4 is 5.43 Å². The Bertz CT molecular complexity index is 676. The Hall–Kier alpha value is -1.84. The van der Waals surface area contributed by atoms with E-state index in [0.717, 1.165) is 24.8 Å². The molecule has 0 saturated heterocycles. The maximum Gasteiger partial charge on any atom is 0.246 e. The summed E-state index contributed by atoms with van der Waals surface area (Å²) in [6, 6.07) is 6.78. The predicted octanol–water partition coefficient (Wildman–Crippen LogP) is 3.84. The number of amides is 1. The molecule has 2 N–H and O–H groups in total. The summed E-state index contributed by atoms with van der Waals surface area (Å²) in [6.45, 7) is 4.74. The first-order chi connectivity index (χ1) is 11.3. The molecule has 4 aliphatic carbocycles. The third-order valence-corrected chi connectivity index (χ3v) is 6.38. The Kier molecular flexibility index (Phi) is 3.32. The van der Waals surface area contributed by atoms with Gasteiger partial charge in [-0.25, -0.2) is 5.43 Å². The molecule has 4 nitrogen and oxygen atoms in total. The molecule has 0 aliphatic heterocycles. The molecule has 4 aliphatic rings. The van der Waals surface area contributed by atoms with Crippen LogP contribution in [0.25, 0.3) is 0 Å². The van der Waals surface area contributed by atoms with Crippen LogP contribution in [0.15, 0.2) is 29.4 Å². The summed E-state index contributed by atoms with van der Waals surface area (Å²) in [4.78, 5) is 13.0. The number of benzene rings is 1. The number of phenols is 1. The number of rotatable bonds is 3. The lowest BCUT2D eigenvalue weighted by atomic mass is 9.40. The summed E-state index contributed by atoms with van der Waals surface area (Å²) in [6.07, 6.45) is 8.52. The van der Waals surface area contributed by atoms with Crippen LogP contribution >= 0.6 is 0 Å². The van der Waals surface area contributed by atoms with Gasteiger partial charge in [0.15, 0.2) is 0 Å². The van der Waals surface area contributed by atoms with Gasteiger partial charge in [-0.05, 0) is 85.1 Å². The topological polar surface area (TPSA) is 61.7 Å². The molecule has 5 rings (SSSR count). The van der Waals surface area contributed by atoms with Crippen molar-refractivity contribution in [2.75, 3.05) is 0 Å². The molecule has 4 fully saturated rings. The molecule has 24 heavy (non-hydrogen) atoms. The van der Waals surface area contributed by atoms with Gasteiger partial charge >= 0.3 is 0 Å². The van der Waals surface area contributed by atoms with Crippen LogP contribution in [-0.4, -0.2) is 17.2 Å². The third kappa shape index (κ3) is 2.62. The van der Waals surface area contributed by atoms with Crippen molar-refractivity contribution in [1.29, 1.82) is 0 Å². The van der Waals surface area contributed by atoms with E-state index < -0.39 is 0 Å². The molecule has 2 unspecified atom stereocenters. The number of nitrogens with one attached hydrogen (secondary N) is 1. The number of carbonyl (C=O) groups is 1.